The van der Waals surface area contributed by atoms with Crippen LogP contribution in [0.3, 0.4) is 0 Å². The molecule has 3 heteroatoms. The lowest BCUT2D eigenvalue weighted by molar-refractivity contribution is -0.114. The lowest BCUT2D eigenvalue weighted by atomic mass is 9.93. The van der Waals surface area contributed by atoms with Gasteiger partial charge in [-0.25, -0.2) is 0 Å². The van der Waals surface area contributed by atoms with Crippen LogP contribution in [0.1, 0.15) is 51.9 Å². The number of rotatable bonds is 9. The molecular formula is C17H26O3. The van der Waals surface area contributed by atoms with Gasteiger partial charge in [0.25, 0.3) is 0 Å². The van der Waals surface area contributed by atoms with E-state index in [1.54, 1.807) is 19.3 Å². The Kier molecular flexibility index (Phi) is 7.78. The summed E-state index contributed by atoms with van der Waals surface area (Å²) in [5, 5.41) is 9.54. The zero-order chi connectivity index (χ0) is 14.8. The van der Waals surface area contributed by atoms with Gasteiger partial charge in [0.2, 0.25) is 0 Å². The van der Waals surface area contributed by atoms with Gasteiger partial charge in [0, 0.05) is 12.8 Å². The summed E-state index contributed by atoms with van der Waals surface area (Å²) in [4.78, 5) is 11.7. The summed E-state index contributed by atoms with van der Waals surface area (Å²) in [5.74, 6) is 1.27. The molecule has 1 aliphatic rings. The van der Waals surface area contributed by atoms with E-state index < -0.39 is 0 Å². The Labute approximate surface area is 122 Å². The number of unbranched alkanes of at least 4 members (excludes halogenated alkanes) is 3. The van der Waals surface area contributed by atoms with E-state index in [0.29, 0.717) is 18.6 Å². The highest BCUT2D eigenvalue weighted by molar-refractivity contribution is 5.89. The van der Waals surface area contributed by atoms with Gasteiger partial charge >= 0.3 is 0 Å². The third kappa shape index (κ3) is 6.09. The molecule has 3 nitrogen and oxygen atoms in total. The highest BCUT2D eigenvalue weighted by atomic mass is 16.5. The zero-order valence-corrected chi connectivity index (χ0v) is 12.6. The Hall–Kier alpha value is -1.51. The van der Waals surface area contributed by atoms with E-state index in [2.05, 4.69) is 6.92 Å². The number of methoxy groups -OCH3 is 1. The summed E-state index contributed by atoms with van der Waals surface area (Å²) in [6, 6.07) is 0. The number of aliphatic hydroxyl groups excluding tert-OH is 1. The normalized spacial score (nSPS) is 18.8. The Morgan fingerprint density at radius 2 is 2.30 bits per heavy atom. The third-order valence-corrected chi connectivity index (χ3v) is 3.55. The van der Waals surface area contributed by atoms with Gasteiger partial charge in [-0.2, -0.15) is 0 Å². The van der Waals surface area contributed by atoms with Crippen LogP contribution in [0, 0.1) is 5.92 Å². The molecule has 1 unspecified atom stereocenters. The molecule has 0 aromatic rings. The lowest BCUT2D eigenvalue weighted by Gasteiger charge is -2.18. The smallest absolute Gasteiger partial charge is 0.155 e. The fraction of sp³-hybridized carbons (Fsp3) is 0.588. The van der Waals surface area contributed by atoms with Crippen molar-refractivity contribution < 1.29 is 14.6 Å². The Morgan fingerprint density at radius 1 is 1.50 bits per heavy atom. The van der Waals surface area contributed by atoms with Gasteiger partial charge in [0.15, 0.2) is 11.5 Å². The summed E-state index contributed by atoms with van der Waals surface area (Å²) in [5.41, 5.74) is 0. The quantitative estimate of drug-likeness (QED) is 0.500. The van der Waals surface area contributed by atoms with Gasteiger partial charge in [-0.15, -0.1) is 0 Å². The minimum absolute atomic E-state index is 0.188. The first-order valence-electron chi connectivity index (χ1n) is 7.51. The Balaban J connectivity index is 2.24. The van der Waals surface area contributed by atoms with E-state index >= 15 is 0 Å². The van der Waals surface area contributed by atoms with Crippen molar-refractivity contribution in [3.05, 3.63) is 35.8 Å². The largest absolute Gasteiger partial charge is 0.505 e. The molecule has 20 heavy (non-hydrogen) atoms. The molecule has 0 bridgehead atoms. The highest BCUT2D eigenvalue weighted by Crippen LogP contribution is 2.26. The number of aliphatic hydroxyl groups is 1. The molecule has 0 radical (unpaired) electrons. The number of carbonyl (C=O) groups is 1. The average Bonchev–Trinajstić information content (AvgIpc) is 2.46. The van der Waals surface area contributed by atoms with E-state index in [4.69, 9.17) is 4.74 Å². The molecule has 1 N–H and O–H groups in total. The fourth-order valence-corrected chi connectivity index (χ4v) is 2.26. The molecule has 0 aromatic carbocycles. The number of hydrogen-bond donors (Lipinski definition) is 1. The topological polar surface area (TPSA) is 46.5 Å². The van der Waals surface area contributed by atoms with Gasteiger partial charge in [-0.05, 0) is 37.3 Å². The van der Waals surface area contributed by atoms with Gasteiger partial charge in [0.05, 0.1) is 7.11 Å². The van der Waals surface area contributed by atoms with Crippen LogP contribution in [-0.4, -0.2) is 18.0 Å². The molecule has 1 aliphatic carbocycles. The lowest BCUT2D eigenvalue weighted by Crippen LogP contribution is -2.08. The molecule has 0 amide bonds. The summed E-state index contributed by atoms with van der Waals surface area (Å²) in [7, 11) is 1.56. The molecule has 0 aromatic heterocycles. The van der Waals surface area contributed by atoms with E-state index in [-0.39, 0.29) is 17.5 Å². The average molecular weight is 278 g/mol. The Bertz CT molecular complexity index is 391. The SMILES string of the molecule is CCCCC/C=C/C(=O)CCC1C=CC(O)=C(OC)C1. The van der Waals surface area contributed by atoms with Crippen molar-refractivity contribution in [3.8, 4) is 0 Å². The zero-order valence-electron chi connectivity index (χ0n) is 12.6. The predicted molar refractivity (Wildman–Crippen MR) is 81.4 cm³/mol. The van der Waals surface area contributed by atoms with E-state index in [9.17, 15) is 9.90 Å². The maximum absolute atomic E-state index is 11.7. The van der Waals surface area contributed by atoms with Gasteiger partial charge < -0.3 is 9.84 Å². The number of ketones is 1. The van der Waals surface area contributed by atoms with Crippen molar-refractivity contribution in [1.29, 1.82) is 0 Å². The predicted octanol–water partition coefficient (Wildman–Crippen LogP) is 4.46. The van der Waals surface area contributed by atoms with Crippen molar-refractivity contribution in [2.45, 2.75) is 51.9 Å². The second kappa shape index (κ2) is 9.40. The fourth-order valence-electron chi connectivity index (χ4n) is 2.26. The molecule has 112 valence electrons. The minimum atomic E-state index is 0.188. The Morgan fingerprint density at radius 3 is 3.00 bits per heavy atom. The van der Waals surface area contributed by atoms with Gasteiger partial charge in [0.1, 0.15) is 5.76 Å². The summed E-state index contributed by atoms with van der Waals surface area (Å²) < 4.78 is 5.12. The number of allylic oxidation sites excluding steroid dienone is 5. The van der Waals surface area contributed by atoms with Gasteiger partial charge in [-0.3, -0.25) is 4.79 Å². The molecule has 0 heterocycles. The van der Waals surface area contributed by atoms with E-state index in [0.717, 1.165) is 19.3 Å². The number of carbonyl (C=O) groups excluding carboxylic acids is 1. The van der Waals surface area contributed by atoms with Crippen molar-refractivity contribution in [1.82, 2.24) is 0 Å². The van der Waals surface area contributed by atoms with Crippen molar-refractivity contribution >= 4 is 5.78 Å². The van der Waals surface area contributed by atoms with Crippen LogP contribution in [0.25, 0.3) is 0 Å². The van der Waals surface area contributed by atoms with Crippen LogP contribution in [0.15, 0.2) is 35.8 Å². The van der Waals surface area contributed by atoms with Crippen LogP contribution >= 0.6 is 0 Å². The molecule has 1 atom stereocenters. The minimum Gasteiger partial charge on any atom is -0.505 e. The standard InChI is InChI=1S/C17H26O3/c1-3-4-5-6-7-8-15(18)11-9-14-10-12-16(19)17(13-14)20-2/h7-8,10,12,14,19H,3-6,9,11,13H2,1-2H3/b8-7+. The van der Waals surface area contributed by atoms with E-state index in [1.165, 1.54) is 12.8 Å². The molecule has 0 saturated carbocycles. The maximum atomic E-state index is 11.7. The summed E-state index contributed by atoms with van der Waals surface area (Å²) in [6.07, 6.45) is 13.9. The van der Waals surface area contributed by atoms with Crippen LogP contribution < -0.4 is 0 Å². The van der Waals surface area contributed by atoms with Crippen LogP contribution in [0.4, 0.5) is 0 Å². The van der Waals surface area contributed by atoms with Crippen molar-refractivity contribution in [2.24, 2.45) is 5.92 Å². The summed E-state index contributed by atoms with van der Waals surface area (Å²) >= 11 is 0. The van der Waals surface area contributed by atoms with Crippen LogP contribution in [-0.2, 0) is 9.53 Å². The van der Waals surface area contributed by atoms with Crippen LogP contribution in [0.2, 0.25) is 0 Å². The molecule has 1 rings (SSSR count). The van der Waals surface area contributed by atoms with Crippen molar-refractivity contribution in [2.75, 3.05) is 7.11 Å². The molecule has 0 aliphatic heterocycles. The maximum Gasteiger partial charge on any atom is 0.155 e. The third-order valence-electron chi connectivity index (χ3n) is 3.55. The molecule has 0 saturated heterocycles. The second-order valence-electron chi connectivity index (χ2n) is 5.24. The van der Waals surface area contributed by atoms with Gasteiger partial charge in [-0.1, -0.05) is 31.9 Å². The van der Waals surface area contributed by atoms with Crippen LogP contribution in [0.5, 0.6) is 0 Å². The number of ether oxygens (including phenoxy) is 1. The number of hydrogen-bond acceptors (Lipinski definition) is 3. The molecule has 0 spiro atoms. The first kappa shape index (κ1) is 16.5. The molecule has 0 fully saturated rings. The monoisotopic (exact) mass is 278 g/mol. The first-order valence-corrected chi connectivity index (χ1v) is 7.51. The van der Waals surface area contributed by atoms with Crippen molar-refractivity contribution in [3.63, 3.8) is 0 Å². The molecular weight excluding hydrogens is 252 g/mol. The highest BCUT2D eigenvalue weighted by Gasteiger charge is 2.17. The first-order chi connectivity index (χ1) is 9.67. The second-order valence-corrected chi connectivity index (χ2v) is 5.24. The summed E-state index contributed by atoms with van der Waals surface area (Å²) in [6.45, 7) is 2.17. The van der Waals surface area contributed by atoms with E-state index in [1.807, 2.05) is 12.2 Å².